The minimum absolute atomic E-state index is 0.00507. The molecule has 6 N–H and O–H groups in total. The lowest BCUT2D eigenvalue weighted by molar-refractivity contribution is -0.602. The van der Waals surface area contributed by atoms with E-state index in [9.17, 15) is 18.4 Å². The number of hydrogen-bond acceptors (Lipinski definition) is 7. The second-order valence-corrected chi connectivity index (χ2v) is 10.6. The minimum Gasteiger partial charge on any atom is -0.494 e. The lowest BCUT2D eigenvalue weighted by Crippen LogP contribution is -2.80. The summed E-state index contributed by atoms with van der Waals surface area (Å²) in [5.41, 5.74) is 7.64. The van der Waals surface area contributed by atoms with Gasteiger partial charge in [-0.1, -0.05) is 12.1 Å². The Morgan fingerprint density at radius 3 is 2.79 bits per heavy atom. The largest absolute Gasteiger partial charge is 0.494 e. The first-order chi connectivity index (χ1) is 20.1. The van der Waals surface area contributed by atoms with Crippen molar-refractivity contribution in [1.29, 1.82) is 5.41 Å². The molecule has 0 radical (unpaired) electrons. The maximum absolute atomic E-state index is 13.1. The molecule has 220 valence electrons. The Hall–Kier alpha value is -4.58. The first-order valence-electron chi connectivity index (χ1n) is 13.5. The number of benzene rings is 1. The van der Waals surface area contributed by atoms with Gasteiger partial charge in [-0.15, -0.1) is 0 Å². The fourth-order valence-electron chi connectivity index (χ4n) is 4.78. The molecule has 0 saturated heterocycles. The van der Waals surface area contributed by atoms with Crippen molar-refractivity contribution in [3.05, 3.63) is 76.8 Å². The van der Waals surface area contributed by atoms with E-state index < -0.39 is 17.9 Å². The van der Waals surface area contributed by atoms with E-state index in [1.165, 1.54) is 25.3 Å². The van der Waals surface area contributed by atoms with Gasteiger partial charge in [0.05, 0.1) is 18.7 Å². The fourth-order valence-corrected chi connectivity index (χ4v) is 4.78. The molecule has 1 aromatic carbocycles. The van der Waals surface area contributed by atoms with Gasteiger partial charge in [0.2, 0.25) is 5.91 Å². The van der Waals surface area contributed by atoms with Crippen LogP contribution in [0.15, 0.2) is 65.6 Å². The van der Waals surface area contributed by atoms with Crippen molar-refractivity contribution in [2.45, 2.75) is 44.3 Å². The number of nitrogens with two attached hydrogens (primary N) is 2. The average Bonchev–Trinajstić information content (AvgIpc) is 3.73. The number of alkyl halides is 2. The van der Waals surface area contributed by atoms with Crippen molar-refractivity contribution >= 4 is 17.5 Å². The van der Waals surface area contributed by atoms with E-state index in [0.29, 0.717) is 51.2 Å². The van der Waals surface area contributed by atoms with E-state index in [2.05, 4.69) is 10.1 Å². The zero-order valence-electron chi connectivity index (χ0n) is 23.2. The Morgan fingerprint density at radius 1 is 1.31 bits per heavy atom. The van der Waals surface area contributed by atoms with Gasteiger partial charge < -0.3 is 30.6 Å². The molecule has 5 rings (SSSR count). The highest BCUT2D eigenvalue weighted by Crippen LogP contribution is 2.44. The van der Waals surface area contributed by atoms with Crippen molar-refractivity contribution in [2.24, 2.45) is 5.73 Å². The quantitative estimate of drug-likeness (QED) is 0.320. The number of hydrogen-bond donors (Lipinski definition) is 4. The number of halogens is 2. The second kappa shape index (κ2) is 11.7. The number of rotatable bonds is 11. The molecule has 1 saturated carbocycles. The maximum Gasteiger partial charge on any atom is 0.387 e. The number of nitrogens with zero attached hydrogens (tertiary/aromatic N) is 1. The number of ether oxygens (including phenoxy) is 3. The molecule has 1 atom stereocenters. The Bertz CT molecular complexity index is 1530. The number of allylic oxidation sites excluding steroid dienone is 2. The summed E-state index contributed by atoms with van der Waals surface area (Å²) < 4.78 is 41.4. The van der Waals surface area contributed by atoms with Crippen molar-refractivity contribution in [1.82, 2.24) is 10.3 Å². The van der Waals surface area contributed by atoms with E-state index in [-0.39, 0.29) is 36.9 Å². The van der Waals surface area contributed by atoms with E-state index in [0.717, 1.165) is 12.8 Å². The number of pyridine rings is 1. The van der Waals surface area contributed by atoms with Crippen LogP contribution in [0.4, 0.5) is 8.78 Å². The normalized spacial score (nSPS) is 20.5. The van der Waals surface area contributed by atoms with Crippen molar-refractivity contribution < 1.29 is 37.9 Å². The third-order valence-corrected chi connectivity index (χ3v) is 7.45. The molecule has 0 bridgehead atoms. The van der Waals surface area contributed by atoms with E-state index in [1.807, 2.05) is 11.5 Å². The van der Waals surface area contributed by atoms with Crippen LogP contribution in [0.2, 0.25) is 0 Å². The van der Waals surface area contributed by atoms with E-state index >= 15 is 0 Å². The molecule has 2 heterocycles. The number of fused-ring (bicyclic) bond motifs is 1. The molecule has 10 nitrogen and oxygen atoms in total. The molecule has 2 aromatic rings. The number of methoxy groups -OCH3 is 1. The van der Waals surface area contributed by atoms with Crippen LogP contribution in [-0.2, 0) is 26.2 Å². The number of quaternary nitrogens is 1. The highest BCUT2D eigenvalue weighted by molar-refractivity contribution is 6.15. The van der Waals surface area contributed by atoms with Gasteiger partial charge in [0.25, 0.3) is 5.91 Å². The number of primary amides is 1. The van der Waals surface area contributed by atoms with Gasteiger partial charge in [-0.25, -0.2) is 4.98 Å². The Morgan fingerprint density at radius 2 is 2.10 bits per heavy atom. The molecule has 42 heavy (non-hydrogen) atoms. The smallest absolute Gasteiger partial charge is 0.387 e. The van der Waals surface area contributed by atoms with Gasteiger partial charge in [0, 0.05) is 48.2 Å². The molecule has 1 fully saturated rings. The van der Waals surface area contributed by atoms with Gasteiger partial charge in [-0.3, -0.25) is 15.0 Å². The third kappa shape index (κ3) is 6.03. The van der Waals surface area contributed by atoms with Crippen LogP contribution in [0.25, 0.3) is 11.3 Å². The van der Waals surface area contributed by atoms with Gasteiger partial charge in [0.15, 0.2) is 0 Å². The molecule has 2 aliphatic carbocycles. The van der Waals surface area contributed by atoms with Crippen LogP contribution in [0, 0.1) is 5.41 Å². The highest BCUT2D eigenvalue weighted by Gasteiger charge is 2.43. The number of nitrogens with one attached hydrogen (secondary N) is 2. The van der Waals surface area contributed by atoms with Crippen LogP contribution in [0.5, 0.6) is 11.5 Å². The molecule has 1 aliphatic heterocycles. The standard InChI is InChI=1S/C30H31F2N5O5/c1-30(28(34)39)15-41-26-22(30)13-20(37-25(26)16-4-3-5-21(11-16)42-29(31)32)8-9-35-27(38)17-10-18(14-36-19-6-7-19)24(33)23(12-17)40-2/h3-5,10-14,19,29,33,36H,6-9,15H2,1-2H3,(H2,34,39)(H,35,38)/p+1/b18-14-,33-24?/t30-/m0/s1. The summed E-state index contributed by atoms with van der Waals surface area (Å²) in [4.78, 5) is 30.2. The molecular weight excluding hydrogens is 548 g/mol. The Balaban J connectivity index is 1.38. The van der Waals surface area contributed by atoms with Crippen molar-refractivity contribution in [3.8, 4) is 22.8 Å². The number of amides is 2. The van der Waals surface area contributed by atoms with Crippen LogP contribution in [0.3, 0.4) is 0 Å². The summed E-state index contributed by atoms with van der Waals surface area (Å²) in [6.07, 6.45) is 7.58. The number of carbonyl (C=O) groups excluding carboxylic acids is 2. The zero-order chi connectivity index (χ0) is 30.0. The number of carbonyl (C=O) groups is 2. The van der Waals surface area contributed by atoms with E-state index in [4.69, 9.17) is 25.6 Å². The van der Waals surface area contributed by atoms with Gasteiger partial charge in [-0.05, 0) is 37.3 Å². The molecule has 0 unspecified atom stereocenters. The maximum atomic E-state index is 13.1. The Labute approximate surface area is 241 Å². The highest BCUT2D eigenvalue weighted by atomic mass is 19.3. The summed E-state index contributed by atoms with van der Waals surface area (Å²) >= 11 is 0. The predicted octanol–water partition coefficient (Wildman–Crippen LogP) is 2.24. The molecule has 0 spiro atoms. The topological polar surface area (TPSA) is 153 Å². The Kier molecular flexibility index (Phi) is 8.08. The van der Waals surface area contributed by atoms with Crippen molar-refractivity contribution in [3.63, 3.8) is 0 Å². The minimum atomic E-state index is -2.99. The lowest BCUT2D eigenvalue weighted by atomic mass is 9.83. The predicted molar refractivity (Wildman–Crippen MR) is 149 cm³/mol. The second-order valence-electron chi connectivity index (χ2n) is 10.6. The third-order valence-electron chi connectivity index (χ3n) is 7.45. The summed E-state index contributed by atoms with van der Waals surface area (Å²) in [6.45, 7) is -1.12. The van der Waals surface area contributed by atoms with Gasteiger partial charge >= 0.3 is 6.61 Å². The first-order valence-corrected chi connectivity index (χ1v) is 13.5. The van der Waals surface area contributed by atoms with E-state index in [1.54, 1.807) is 31.2 Å². The summed E-state index contributed by atoms with van der Waals surface area (Å²) in [5.74, 6) is -0.338. The first kappa shape index (κ1) is 28.9. The number of aromatic nitrogens is 1. The van der Waals surface area contributed by atoms with Crippen LogP contribution in [-0.4, -0.2) is 55.4 Å². The molecule has 1 aromatic heterocycles. The zero-order valence-corrected chi connectivity index (χ0v) is 23.2. The van der Waals surface area contributed by atoms with Crippen LogP contribution >= 0.6 is 0 Å². The van der Waals surface area contributed by atoms with Gasteiger partial charge in [0.1, 0.15) is 46.9 Å². The van der Waals surface area contributed by atoms with Crippen LogP contribution < -0.4 is 25.8 Å². The molecule has 12 heteroatoms. The summed E-state index contributed by atoms with van der Waals surface area (Å²) in [6, 6.07) is 8.29. The molecule has 3 aliphatic rings. The molecule has 2 amide bonds. The summed E-state index contributed by atoms with van der Waals surface area (Å²) in [7, 11) is 1.46. The van der Waals surface area contributed by atoms with Gasteiger partial charge in [-0.2, -0.15) is 8.78 Å². The SMILES string of the molecule is COC1=CC(C(=O)NCCc2cc3c(c(-c4cccc(OC(F)F)c4)n2)OC[C@]3(C)C(N)=O)=C/C(=C/[NH2+]C2CC2)C1=N. The average molecular weight is 581 g/mol. The summed E-state index contributed by atoms with van der Waals surface area (Å²) in [5, 5.41) is 13.3. The van der Waals surface area contributed by atoms with Crippen LogP contribution in [0.1, 0.15) is 31.0 Å². The fraction of sp³-hybridized carbons (Fsp3) is 0.333. The monoisotopic (exact) mass is 580 g/mol. The lowest BCUT2D eigenvalue weighted by Gasteiger charge is -2.19. The molecular formula is C30H32F2N5O5+. The van der Waals surface area contributed by atoms with Crippen molar-refractivity contribution in [2.75, 3.05) is 20.3 Å².